The van der Waals surface area contributed by atoms with Gasteiger partial charge < -0.3 is 11.1 Å². The van der Waals surface area contributed by atoms with E-state index in [1.54, 1.807) is 18.2 Å². The molecule has 5 heteroatoms. The van der Waals surface area contributed by atoms with Gasteiger partial charge in [0.2, 0.25) is 0 Å². The molecule has 0 bridgehead atoms. The highest BCUT2D eigenvalue weighted by Gasteiger charge is 2.08. The van der Waals surface area contributed by atoms with E-state index in [2.05, 4.69) is 10.3 Å². The third-order valence-electron chi connectivity index (χ3n) is 2.39. The number of nitrogens with zero attached hydrogens (tertiary/aromatic N) is 1. The molecule has 0 atom stereocenters. The Bertz CT molecular complexity index is 599. The summed E-state index contributed by atoms with van der Waals surface area (Å²) in [6.07, 6.45) is 0. The lowest BCUT2D eigenvalue weighted by Crippen LogP contribution is -2.13. The zero-order chi connectivity index (χ0) is 13.1. The van der Waals surface area contributed by atoms with Gasteiger partial charge in [0.1, 0.15) is 5.82 Å². The van der Waals surface area contributed by atoms with Gasteiger partial charge in [-0.15, -0.1) is 0 Å². The molecule has 3 N–H and O–H groups in total. The summed E-state index contributed by atoms with van der Waals surface area (Å²) in [6.45, 7) is 1.86. The number of rotatable bonds is 2. The van der Waals surface area contributed by atoms with E-state index in [9.17, 15) is 4.79 Å². The third kappa shape index (κ3) is 2.78. The number of nitrogens with two attached hydrogens (primary N) is 1. The molecule has 0 saturated heterocycles. The maximum atomic E-state index is 11.9. The molecule has 2 aromatic rings. The molecule has 1 aromatic heterocycles. The fourth-order valence-electron chi connectivity index (χ4n) is 1.47. The molecule has 1 amide bonds. The van der Waals surface area contributed by atoms with E-state index in [0.717, 1.165) is 5.69 Å². The fraction of sp³-hybridized carbons (Fsp3) is 0.0769. The predicted octanol–water partition coefficient (Wildman–Crippen LogP) is 2.88. The van der Waals surface area contributed by atoms with E-state index in [1.807, 2.05) is 19.1 Å². The van der Waals surface area contributed by atoms with Crippen molar-refractivity contribution in [3.63, 3.8) is 0 Å². The first-order chi connectivity index (χ1) is 8.56. The predicted molar refractivity (Wildman–Crippen MR) is 72.8 cm³/mol. The second-order valence-electron chi connectivity index (χ2n) is 3.85. The molecule has 0 aliphatic heterocycles. The number of nitrogens with one attached hydrogen (secondary N) is 1. The van der Waals surface area contributed by atoms with Crippen molar-refractivity contribution >= 4 is 29.0 Å². The third-order valence-corrected chi connectivity index (χ3v) is 2.72. The number of carbonyl (C=O) groups is 1. The van der Waals surface area contributed by atoms with Gasteiger partial charge in [-0.1, -0.05) is 17.7 Å². The van der Waals surface area contributed by atoms with Crippen LogP contribution in [0.1, 0.15) is 16.1 Å². The number of halogens is 1. The summed E-state index contributed by atoms with van der Waals surface area (Å²) >= 11 is 5.87. The Kier molecular flexibility index (Phi) is 3.48. The van der Waals surface area contributed by atoms with Gasteiger partial charge in [0.05, 0.1) is 10.7 Å². The average Bonchev–Trinajstić information content (AvgIpc) is 2.32. The Hall–Kier alpha value is -2.07. The molecule has 2 rings (SSSR count). The maximum Gasteiger partial charge on any atom is 0.256 e. The molecule has 0 fully saturated rings. The highest BCUT2D eigenvalue weighted by Crippen LogP contribution is 2.20. The van der Waals surface area contributed by atoms with Crippen LogP contribution >= 0.6 is 11.6 Å². The average molecular weight is 262 g/mol. The minimum atomic E-state index is -0.269. The van der Waals surface area contributed by atoms with Crippen molar-refractivity contribution in [2.45, 2.75) is 6.92 Å². The SMILES string of the molecule is Cc1cccc(NC(=O)c2ccc(N)c(Cl)c2)n1. The molecule has 0 aliphatic carbocycles. The number of nitrogen functional groups attached to an aromatic ring is 1. The number of anilines is 2. The largest absolute Gasteiger partial charge is 0.398 e. The van der Waals surface area contributed by atoms with Gasteiger partial charge in [0.25, 0.3) is 5.91 Å². The number of benzene rings is 1. The molecule has 1 heterocycles. The van der Waals surface area contributed by atoms with E-state index < -0.39 is 0 Å². The van der Waals surface area contributed by atoms with E-state index in [-0.39, 0.29) is 5.91 Å². The van der Waals surface area contributed by atoms with Crippen molar-refractivity contribution in [3.05, 3.63) is 52.7 Å². The van der Waals surface area contributed by atoms with Crippen LogP contribution in [0.5, 0.6) is 0 Å². The molecule has 92 valence electrons. The van der Waals surface area contributed by atoms with Crippen molar-refractivity contribution in [2.24, 2.45) is 0 Å². The van der Waals surface area contributed by atoms with Gasteiger partial charge >= 0.3 is 0 Å². The van der Waals surface area contributed by atoms with E-state index in [0.29, 0.717) is 22.1 Å². The highest BCUT2D eigenvalue weighted by molar-refractivity contribution is 6.33. The summed E-state index contributed by atoms with van der Waals surface area (Å²) in [6, 6.07) is 10.2. The van der Waals surface area contributed by atoms with Gasteiger partial charge in [-0.05, 0) is 37.3 Å². The summed E-state index contributed by atoms with van der Waals surface area (Å²) in [7, 11) is 0. The van der Waals surface area contributed by atoms with Crippen molar-refractivity contribution in [3.8, 4) is 0 Å². The Balaban J connectivity index is 2.19. The Morgan fingerprint density at radius 3 is 2.78 bits per heavy atom. The number of hydrogen-bond acceptors (Lipinski definition) is 3. The number of hydrogen-bond donors (Lipinski definition) is 2. The standard InChI is InChI=1S/C13H12ClN3O/c1-8-3-2-4-12(16-8)17-13(18)9-5-6-11(15)10(14)7-9/h2-7H,15H2,1H3,(H,16,17,18). The lowest BCUT2D eigenvalue weighted by Gasteiger charge is -2.06. The quantitative estimate of drug-likeness (QED) is 0.817. The van der Waals surface area contributed by atoms with Gasteiger partial charge in [0, 0.05) is 11.3 Å². The normalized spacial score (nSPS) is 10.1. The molecule has 0 unspecified atom stereocenters. The monoisotopic (exact) mass is 261 g/mol. The van der Waals surface area contributed by atoms with Crippen LogP contribution in [0.15, 0.2) is 36.4 Å². The first-order valence-electron chi connectivity index (χ1n) is 5.36. The second-order valence-corrected chi connectivity index (χ2v) is 4.26. The zero-order valence-corrected chi connectivity index (χ0v) is 10.5. The number of carbonyl (C=O) groups excluding carboxylic acids is 1. The van der Waals surface area contributed by atoms with Crippen LogP contribution in [0.4, 0.5) is 11.5 Å². The minimum absolute atomic E-state index is 0.269. The van der Waals surface area contributed by atoms with Crippen molar-refractivity contribution in [1.29, 1.82) is 0 Å². The number of amides is 1. The smallest absolute Gasteiger partial charge is 0.256 e. The lowest BCUT2D eigenvalue weighted by molar-refractivity contribution is 0.102. The first-order valence-corrected chi connectivity index (χ1v) is 5.74. The lowest BCUT2D eigenvalue weighted by atomic mass is 10.2. The molecule has 1 aromatic carbocycles. The molecular formula is C13H12ClN3O. The Labute approximate surface area is 110 Å². The molecule has 4 nitrogen and oxygen atoms in total. The zero-order valence-electron chi connectivity index (χ0n) is 9.77. The van der Waals surface area contributed by atoms with E-state index in [4.69, 9.17) is 17.3 Å². The fourth-order valence-corrected chi connectivity index (χ4v) is 1.65. The molecule has 0 spiro atoms. The number of pyridine rings is 1. The number of aryl methyl sites for hydroxylation is 1. The van der Waals surface area contributed by atoms with Gasteiger partial charge in [-0.3, -0.25) is 4.79 Å². The molecule has 0 aliphatic rings. The van der Waals surface area contributed by atoms with E-state index in [1.165, 1.54) is 6.07 Å². The summed E-state index contributed by atoms with van der Waals surface area (Å²) in [5, 5.41) is 3.06. The highest BCUT2D eigenvalue weighted by atomic mass is 35.5. The summed E-state index contributed by atoms with van der Waals surface area (Å²) in [5.74, 6) is 0.239. The second kappa shape index (κ2) is 5.06. The Morgan fingerprint density at radius 2 is 2.11 bits per heavy atom. The number of aromatic nitrogens is 1. The Morgan fingerprint density at radius 1 is 1.33 bits per heavy atom. The van der Waals surface area contributed by atoms with Gasteiger partial charge in [-0.25, -0.2) is 4.98 Å². The van der Waals surface area contributed by atoms with Crippen LogP contribution in [0, 0.1) is 6.92 Å². The van der Waals surface area contributed by atoms with Crippen LogP contribution in [0.2, 0.25) is 5.02 Å². The van der Waals surface area contributed by atoms with Crippen LogP contribution in [0.3, 0.4) is 0 Å². The van der Waals surface area contributed by atoms with Crippen molar-refractivity contribution < 1.29 is 4.79 Å². The summed E-state index contributed by atoms with van der Waals surface area (Å²) in [5.41, 5.74) is 7.31. The molecular weight excluding hydrogens is 250 g/mol. The van der Waals surface area contributed by atoms with Gasteiger partial charge in [-0.2, -0.15) is 0 Å². The van der Waals surface area contributed by atoms with Gasteiger partial charge in [0.15, 0.2) is 0 Å². The maximum absolute atomic E-state index is 11.9. The van der Waals surface area contributed by atoms with Crippen LogP contribution in [-0.2, 0) is 0 Å². The molecule has 18 heavy (non-hydrogen) atoms. The molecule has 0 saturated carbocycles. The first kappa shape index (κ1) is 12.4. The minimum Gasteiger partial charge on any atom is -0.398 e. The molecule has 0 radical (unpaired) electrons. The summed E-state index contributed by atoms with van der Waals surface area (Å²) in [4.78, 5) is 16.1. The topological polar surface area (TPSA) is 68.0 Å². The summed E-state index contributed by atoms with van der Waals surface area (Å²) < 4.78 is 0. The van der Waals surface area contributed by atoms with Crippen LogP contribution < -0.4 is 11.1 Å². The van der Waals surface area contributed by atoms with Crippen LogP contribution in [-0.4, -0.2) is 10.9 Å². The van der Waals surface area contributed by atoms with Crippen molar-refractivity contribution in [1.82, 2.24) is 4.98 Å². The van der Waals surface area contributed by atoms with E-state index >= 15 is 0 Å². The van der Waals surface area contributed by atoms with Crippen LogP contribution in [0.25, 0.3) is 0 Å². The van der Waals surface area contributed by atoms with Crippen molar-refractivity contribution in [2.75, 3.05) is 11.1 Å².